The summed E-state index contributed by atoms with van der Waals surface area (Å²) in [5.74, 6) is 0.116. The van der Waals surface area contributed by atoms with E-state index in [9.17, 15) is 8.42 Å². The number of sulfonamides is 1. The maximum atomic E-state index is 12.1. The SMILES string of the molecule is CCS(=O)(=O)N1CCCn2nnc(Cn3ccnc3)c2C1. The number of aryl methyl sites for hydroxylation is 1. The average Bonchev–Trinajstić information content (AvgIpc) is 3.05. The maximum Gasteiger partial charge on any atom is 0.214 e. The zero-order valence-electron chi connectivity index (χ0n) is 11.9. The zero-order chi connectivity index (χ0) is 14.9. The molecule has 21 heavy (non-hydrogen) atoms. The van der Waals surface area contributed by atoms with E-state index in [0.717, 1.165) is 17.8 Å². The second-order valence-electron chi connectivity index (χ2n) is 5.03. The fourth-order valence-electron chi connectivity index (χ4n) is 2.46. The van der Waals surface area contributed by atoms with Crippen molar-refractivity contribution in [3.05, 3.63) is 30.1 Å². The first-order valence-electron chi connectivity index (χ1n) is 6.95. The number of hydrogen-bond acceptors (Lipinski definition) is 5. The summed E-state index contributed by atoms with van der Waals surface area (Å²) >= 11 is 0. The molecule has 0 bridgehead atoms. The van der Waals surface area contributed by atoms with E-state index < -0.39 is 10.0 Å². The first kappa shape index (κ1) is 14.2. The van der Waals surface area contributed by atoms with E-state index in [1.807, 2.05) is 15.4 Å². The van der Waals surface area contributed by atoms with Crippen LogP contribution in [-0.2, 0) is 29.7 Å². The van der Waals surface area contributed by atoms with E-state index in [4.69, 9.17) is 0 Å². The molecule has 0 unspecified atom stereocenters. The molecule has 3 heterocycles. The number of hydrogen-bond donors (Lipinski definition) is 0. The van der Waals surface area contributed by atoms with Gasteiger partial charge in [-0.2, -0.15) is 4.31 Å². The van der Waals surface area contributed by atoms with E-state index in [2.05, 4.69) is 15.3 Å². The molecule has 3 rings (SSSR count). The first-order valence-corrected chi connectivity index (χ1v) is 8.56. The van der Waals surface area contributed by atoms with Crippen molar-refractivity contribution < 1.29 is 8.42 Å². The van der Waals surface area contributed by atoms with E-state index in [1.165, 1.54) is 4.31 Å². The van der Waals surface area contributed by atoms with Gasteiger partial charge in [-0.1, -0.05) is 5.21 Å². The summed E-state index contributed by atoms with van der Waals surface area (Å²) in [4.78, 5) is 4.00. The molecule has 0 spiro atoms. The summed E-state index contributed by atoms with van der Waals surface area (Å²) in [6.45, 7) is 3.79. The molecule has 0 saturated heterocycles. The van der Waals surface area contributed by atoms with Crippen molar-refractivity contribution in [2.24, 2.45) is 0 Å². The minimum absolute atomic E-state index is 0.116. The standard InChI is InChI=1S/C12H18N6O2S/c1-2-21(19,20)17-5-3-6-18-12(9-17)11(14-15-18)8-16-7-4-13-10-16/h4,7,10H,2-3,5-6,8-9H2,1H3. The molecule has 0 radical (unpaired) electrons. The predicted octanol–water partition coefficient (Wildman–Crippen LogP) is 0.0783. The van der Waals surface area contributed by atoms with Crippen molar-refractivity contribution in [2.45, 2.75) is 33.0 Å². The summed E-state index contributed by atoms with van der Waals surface area (Å²) in [6, 6.07) is 0. The Bertz CT molecular complexity index is 706. The molecular weight excluding hydrogens is 292 g/mol. The van der Waals surface area contributed by atoms with Crippen molar-refractivity contribution in [3.8, 4) is 0 Å². The molecule has 8 nitrogen and oxygen atoms in total. The van der Waals surface area contributed by atoms with Gasteiger partial charge in [0.25, 0.3) is 0 Å². The van der Waals surface area contributed by atoms with Crippen LogP contribution in [-0.4, -0.2) is 49.6 Å². The van der Waals surface area contributed by atoms with E-state index in [1.54, 1.807) is 19.4 Å². The Kier molecular flexibility index (Phi) is 3.77. The highest BCUT2D eigenvalue weighted by Gasteiger charge is 2.26. The Morgan fingerprint density at radius 2 is 2.19 bits per heavy atom. The lowest BCUT2D eigenvalue weighted by atomic mass is 10.3. The minimum atomic E-state index is -3.20. The Morgan fingerprint density at radius 1 is 1.33 bits per heavy atom. The van der Waals surface area contributed by atoms with Crippen LogP contribution in [0.15, 0.2) is 18.7 Å². The highest BCUT2D eigenvalue weighted by Crippen LogP contribution is 2.18. The van der Waals surface area contributed by atoms with Crippen LogP contribution in [0.4, 0.5) is 0 Å². The lowest BCUT2D eigenvalue weighted by Gasteiger charge is -2.18. The van der Waals surface area contributed by atoms with Gasteiger partial charge in [-0.15, -0.1) is 5.10 Å². The van der Waals surface area contributed by atoms with Crippen molar-refractivity contribution in [1.82, 2.24) is 28.9 Å². The molecule has 0 atom stereocenters. The highest BCUT2D eigenvalue weighted by molar-refractivity contribution is 7.89. The monoisotopic (exact) mass is 310 g/mol. The molecule has 0 aliphatic carbocycles. The molecule has 0 aromatic carbocycles. The van der Waals surface area contributed by atoms with Crippen LogP contribution in [0, 0.1) is 0 Å². The second-order valence-corrected chi connectivity index (χ2v) is 7.29. The summed E-state index contributed by atoms with van der Waals surface area (Å²) in [6.07, 6.45) is 6.02. The van der Waals surface area contributed by atoms with Crippen LogP contribution >= 0.6 is 0 Å². The highest BCUT2D eigenvalue weighted by atomic mass is 32.2. The van der Waals surface area contributed by atoms with Gasteiger partial charge in [0.2, 0.25) is 10.0 Å². The minimum Gasteiger partial charge on any atom is -0.331 e. The summed E-state index contributed by atoms with van der Waals surface area (Å²) in [5.41, 5.74) is 1.67. The summed E-state index contributed by atoms with van der Waals surface area (Å²) < 4.78 is 29.5. The topological polar surface area (TPSA) is 85.9 Å². The third-order valence-electron chi connectivity index (χ3n) is 3.67. The van der Waals surface area contributed by atoms with E-state index in [0.29, 0.717) is 26.2 Å². The lowest BCUT2D eigenvalue weighted by Crippen LogP contribution is -2.32. The van der Waals surface area contributed by atoms with Gasteiger partial charge in [-0.25, -0.2) is 18.1 Å². The largest absolute Gasteiger partial charge is 0.331 e. The molecule has 0 fully saturated rings. The molecule has 0 saturated carbocycles. The quantitative estimate of drug-likeness (QED) is 0.798. The average molecular weight is 310 g/mol. The third kappa shape index (κ3) is 2.84. The van der Waals surface area contributed by atoms with E-state index in [-0.39, 0.29) is 5.75 Å². The van der Waals surface area contributed by atoms with Crippen LogP contribution in [0.5, 0.6) is 0 Å². The fourth-order valence-corrected chi connectivity index (χ4v) is 3.55. The molecule has 2 aromatic heterocycles. The number of rotatable bonds is 4. The maximum absolute atomic E-state index is 12.1. The Morgan fingerprint density at radius 3 is 2.90 bits per heavy atom. The number of aromatic nitrogens is 5. The Balaban J connectivity index is 1.90. The third-order valence-corrected chi connectivity index (χ3v) is 5.50. The van der Waals surface area contributed by atoms with Crippen LogP contribution in [0.25, 0.3) is 0 Å². The number of imidazole rings is 1. The second kappa shape index (κ2) is 5.57. The lowest BCUT2D eigenvalue weighted by molar-refractivity contribution is 0.409. The Hall–Kier alpha value is -1.74. The van der Waals surface area contributed by atoms with Crippen LogP contribution in [0.2, 0.25) is 0 Å². The number of nitrogens with zero attached hydrogens (tertiary/aromatic N) is 6. The van der Waals surface area contributed by atoms with Gasteiger partial charge < -0.3 is 4.57 Å². The van der Waals surface area contributed by atoms with Crippen molar-refractivity contribution in [2.75, 3.05) is 12.3 Å². The van der Waals surface area contributed by atoms with Gasteiger partial charge in [0.1, 0.15) is 5.69 Å². The normalized spacial score (nSPS) is 16.6. The summed E-state index contributed by atoms with van der Waals surface area (Å²) in [7, 11) is -3.20. The molecule has 1 aliphatic heterocycles. The zero-order valence-corrected chi connectivity index (χ0v) is 12.7. The molecule has 0 amide bonds. The Labute approximate surface area is 123 Å². The van der Waals surface area contributed by atoms with Crippen LogP contribution in [0.3, 0.4) is 0 Å². The van der Waals surface area contributed by atoms with Crippen LogP contribution < -0.4 is 0 Å². The predicted molar refractivity (Wildman–Crippen MR) is 75.8 cm³/mol. The van der Waals surface area contributed by atoms with Crippen molar-refractivity contribution in [3.63, 3.8) is 0 Å². The molecule has 2 aromatic rings. The van der Waals surface area contributed by atoms with Gasteiger partial charge in [0.15, 0.2) is 0 Å². The summed E-state index contributed by atoms with van der Waals surface area (Å²) in [5, 5.41) is 8.35. The molecule has 1 aliphatic rings. The molecule has 0 N–H and O–H groups in total. The van der Waals surface area contributed by atoms with Gasteiger partial charge >= 0.3 is 0 Å². The first-order chi connectivity index (χ1) is 10.1. The van der Waals surface area contributed by atoms with Crippen LogP contribution in [0.1, 0.15) is 24.7 Å². The van der Waals surface area contributed by atoms with Gasteiger partial charge in [0.05, 0.1) is 30.9 Å². The smallest absolute Gasteiger partial charge is 0.214 e. The molecule has 114 valence electrons. The van der Waals surface area contributed by atoms with Gasteiger partial charge in [0, 0.05) is 25.5 Å². The van der Waals surface area contributed by atoms with Crippen molar-refractivity contribution >= 4 is 10.0 Å². The van der Waals surface area contributed by atoms with Gasteiger partial charge in [-0.05, 0) is 13.3 Å². The molecule has 9 heteroatoms. The fraction of sp³-hybridized carbons (Fsp3) is 0.583. The van der Waals surface area contributed by atoms with Gasteiger partial charge in [-0.3, -0.25) is 0 Å². The number of fused-ring (bicyclic) bond motifs is 1. The van der Waals surface area contributed by atoms with Crippen molar-refractivity contribution in [1.29, 1.82) is 0 Å². The van der Waals surface area contributed by atoms with E-state index >= 15 is 0 Å². The molecular formula is C12H18N6O2S.